The van der Waals surface area contributed by atoms with Gasteiger partial charge in [-0.1, -0.05) is 17.7 Å². The number of benzene rings is 1. The normalized spacial score (nSPS) is 15.1. The van der Waals surface area contributed by atoms with Crippen LogP contribution in [0, 0.1) is 13.8 Å². The quantitative estimate of drug-likeness (QED) is 0.609. The highest BCUT2D eigenvalue weighted by atomic mass is 32.2. The SMILES string of the molecule is Cc1ccc(Nc2cc(C)nc(N3CCN(S(=O)(=O)c4cnc(N)nc4)CC3)n2)cc1. The van der Waals surface area contributed by atoms with Crippen LogP contribution in [0.5, 0.6) is 0 Å². The van der Waals surface area contributed by atoms with Gasteiger partial charge in [0.25, 0.3) is 0 Å². The Morgan fingerprint density at radius 1 is 0.968 bits per heavy atom. The highest BCUT2D eigenvalue weighted by molar-refractivity contribution is 7.89. The number of nitrogens with zero attached hydrogens (tertiary/aromatic N) is 6. The number of aromatic nitrogens is 4. The number of sulfonamides is 1. The summed E-state index contributed by atoms with van der Waals surface area (Å²) in [7, 11) is -3.67. The monoisotopic (exact) mass is 440 g/mol. The van der Waals surface area contributed by atoms with Crippen molar-refractivity contribution >= 4 is 33.4 Å². The second-order valence-electron chi connectivity index (χ2n) is 7.35. The van der Waals surface area contributed by atoms with Gasteiger partial charge >= 0.3 is 0 Å². The summed E-state index contributed by atoms with van der Waals surface area (Å²) in [6.45, 7) is 5.52. The second kappa shape index (κ2) is 8.44. The van der Waals surface area contributed by atoms with E-state index in [-0.39, 0.29) is 10.8 Å². The first-order chi connectivity index (χ1) is 14.8. The van der Waals surface area contributed by atoms with Gasteiger partial charge < -0.3 is 16.0 Å². The minimum absolute atomic E-state index is 0.0338. The molecule has 3 heterocycles. The molecule has 0 atom stereocenters. The van der Waals surface area contributed by atoms with Crippen LogP contribution in [0.2, 0.25) is 0 Å². The van der Waals surface area contributed by atoms with Crippen LogP contribution in [-0.4, -0.2) is 58.8 Å². The molecular weight excluding hydrogens is 416 g/mol. The summed E-state index contributed by atoms with van der Waals surface area (Å²) in [6.07, 6.45) is 2.47. The van der Waals surface area contributed by atoms with Crippen molar-refractivity contribution in [1.29, 1.82) is 0 Å². The van der Waals surface area contributed by atoms with Crippen LogP contribution in [-0.2, 0) is 10.0 Å². The zero-order valence-corrected chi connectivity index (χ0v) is 18.2. The summed E-state index contributed by atoms with van der Waals surface area (Å²) >= 11 is 0. The lowest BCUT2D eigenvalue weighted by Crippen LogP contribution is -2.49. The van der Waals surface area contributed by atoms with Crippen molar-refractivity contribution in [2.45, 2.75) is 18.7 Å². The van der Waals surface area contributed by atoms with Gasteiger partial charge in [0, 0.05) is 43.6 Å². The standard InChI is InChI=1S/C20H24N8O2S/c1-14-3-5-16(6-4-14)25-18-11-15(2)24-20(26-18)27-7-9-28(10-8-27)31(29,30)17-12-22-19(21)23-13-17/h3-6,11-13H,7-10H2,1-2H3,(H2,21,22,23)(H,24,25,26). The minimum Gasteiger partial charge on any atom is -0.368 e. The molecule has 0 spiro atoms. The number of rotatable bonds is 5. The van der Waals surface area contributed by atoms with E-state index in [9.17, 15) is 8.42 Å². The maximum Gasteiger partial charge on any atom is 0.246 e. The number of nitrogens with one attached hydrogen (secondary N) is 1. The van der Waals surface area contributed by atoms with Gasteiger partial charge in [0.05, 0.1) is 12.4 Å². The Balaban J connectivity index is 1.46. The van der Waals surface area contributed by atoms with E-state index in [0.717, 1.165) is 11.4 Å². The molecule has 0 aliphatic carbocycles. The molecule has 4 rings (SSSR count). The van der Waals surface area contributed by atoms with E-state index in [4.69, 9.17) is 5.73 Å². The van der Waals surface area contributed by atoms with Gasteiger partial charge in [0.2, 0.25) is 21.9 Å². The summed E-state index contributed by atoms with van der Waals surface area (Å²) in [5.41, 5.74) is 8.41. The molecule has 2 aromatic heterocycles. The average molecular weight is 441 g/mol. The van der Waals surface area contributed by atoms with E-state index in [1.54, 1.807) is 0 Å². The van der Waals surface area contributed by atoms with Crippen LogP contribution >= 0.6 is 0 Å². The van der Waals surface area contributed by atoms with Gasteiger partial charge in [-0.3, -0.25) is 0 Å². The Labute approximate surface area is 181 Å². The van der Waals surface area contributed by atoms with Crippen molar-refractivity contribution in [3.05, 3.63) is 54.0 Å². The molecule has 31 heavy (non-hydrogen) atoms. The van der Waals surface area contributed by atoms with E-state index in [1.807, 2.05) is 49.1 Å². The molecule has 0 saturated carbocycles. The zero-order valence-electron chi connectivity index (χ0n) is 17.4. The lowest BCUT2D eigenvalue weighted by molar-refractivity contribution is 0.382. The highest BCUT2D eigenvalue weighted by Gasteiger charge is 2.30. The fourth-order valence-corrected chi connectivity index (χ4v) is 4.59. The van der Waals surface area contributed by atoms with Crippen LogP contribution in [0.3, 0.4) is 0 Å². The maximum atomic E-state index is 12.8. The maximum absolute atomic E-state index is 12.8. The van der Waals surface area contributed by atoms with E-state index in [0.29, 0.717) is 37.9 Å². The molecule has 3 N–H and O–H groups in total. The van der Waals surface area contributed by atoms with E-state index >= 15 is 0 Å². The number of nitrogen functional groups attached to an aromatic ring is 1. The molecule has 1 aliphatic rings. The van der Waals surface area contributed by atoms with E-state index in [1.165, 1.54) is 22.3 Å². The molecule has 1 saturated heterocycles. The van der Waals surface area contributed by atoms with Crippen LogP contribution in [0.15, 0.2) is 47.6 Å². The predicted octanol–water partition coefficient (Wildman–Crippen LogP) is 1.72. The zero-order chi connectivity index (χ0) is 22.0. The number of piperazine rings is 1. The molecule has 11 heteroatoms. The first-order valence-corrected chi connectivity index (χ1v) is 11.3. The summed E-state index contributed by atoms with van der Waals surface area (Å²) in [5.74, 6) is 1.30. The molecule has 1 fully saturated rings. The van der Waals surface area contributed by atoms with E-state index in [2.05, 4.69) is 25.3 Å². The number of anilines is 4. The Bertz CT molecular complexity index is 1160. The number of nitrogens with two attached hydrogens (primary N) is 1. The lowest BCUT2D eigenvalue weighted by Gasteiger charge is -2.34. The molecule has 1 aliphatic heterocycles. The highest BCUT2D eigenvalue weighted by Crippen LogP contribution is 2.22. The third-order valence-electron chi connectivity index (χ3n) is 4.97. The first-order valence-electron chi connectivity index (χ1n) is 9.83. The van der Waals surface area contributed by atoms with Crippen molar-refractivity contribution in [3.63, 3.8) is 0 Å². The summed E-state index contributed by atoms with van der Waals surface area (Å²) in [6, 6.07) is 9.94. The molecule has 162 valence electrons. The molecular formula is C20H24N8O2S. The second-order valence-corrected chi connectivity index (χ2v) is 9.29. The summed E-state index contributed by atoms with van der Waals surface area (Å²) in [4.78, 5) is 18.8. The number of hydrogen-bond donors (Lipinski definition) is 2. The average Bonchev–Trinajstić information content (AvgIpc) is 2.75. The number of hydrogen-bond acceptors (Lipinski definition) is 9. The van der Waals surface area contributed by atoms with Crippen LogP contribution in [0.25, 0.3) is 0 Å². The van der Waals surface area contributed by atoms with Crippen molar-refractivity contribution in [2.75, 3.05) is 42.1 Å². The van der Waals surface area contributed by atoms with Gasteiger partial charge in [0.1, 0.15) is 10.7 Å². The molecule has 10 nitrogen and oxygen atoms in total. The van der Waals surface area contributed by atoms with Crippen molar-refractivity contribution in [3.8, 4) is 0 Å². The van der Waals surface area contributed by atoms with Crippen LogP contribution in [0.1, 0.15) is 11.3 Å². The Morgan fingerprint density at radius 3 is 2.26 bits per heavy atom. The smallest absolute Gasteiger partial charge is 0.246 e. The Hall–Kier alpha value is -3.31. The molecule has 1 aromatic carbocycles. The molecule has 0 unspecified atom stereocenters. The van der Waals surface area contributed by atoms with Crippen molar-refractivity contribution in [2.24, 2.45) is 0 Å². The predicted molar refractivity (Wildman–Crippen MR) is 119 cm³/mol. The van der Waals surface area contributed by atoms with Crippen LogP contribution in [0.4, 0.5) is 23.4 Å². The van der Waals surface area contributed by atoms with Gasteiger partial charge in [-0.15, -0.1) is 0 Å². The first kappa shape index (κ1) is 20.9. The third-order valence-corrected chi connectivity index (χ3v) is 6.83. The Morgan fingerprint density at radius 2 is 1.61 bits per heavy atom. The molecule has 0 bridgehead atoms. The van der Waals surface area contributed by atoms with Gasteiger partial charge in [-0.2, -0.15) is 9.29 Å². The van der Waals surface area contributed by atoms with Crippen molar-refractivity contribution < 1.29 is 8.42 Å². The summed E-state index contributed by atoms with van der Waals surface area (Å²) in [5, 5.41) is 3.30. The van der Waals surface area contributed by atoms with Gasteiger partial charge in [-0.05, 0) is 26.0 Å². The topological polar surface area (TPSA) is 130 Å². The van der Waals surface area contributed by atoms with Crippen LogP contribution < -0.4 is 16.0 Å². The molecule has 0 radical (unpaired) electrons. The van der Waals surface area contributed by atoms with Crippen molar-refractivity contribution in [1.82, 2.24) is 24.2 Å². The summed E-state index contributed by atoms with van der Waals surface area (Å²) < 4.78 is 27.1. The fourth-order valence-electron chi connectivity index (χ4n) is 3.28. The Kier molecular flexibility index (Phi) is 5.70. The third kappa shape index (κ3) is 4.72. The number of aryl methyl sites for hydroxylation is 2. The largest absolute Gasteiger partial charge is 0.368 e. The molecule has 0 amide bonds. The lowest BCUT2D eigenvalue weighted by atomic mass is 10.2. The van der Waals surface area contributed by atoms with Gasteiger partial charge in [0.15, 0.2) is 0 Å². The molecule has 3 aromatic rings. The van der Waals surface area contributed by atoms with Gasteiger partial charge in [-0.25, -0.2) is 23.4 Å². The fraction of sp³-hybridized carbons (Fsp3) is 0.300. The minimum atomic E-state index is -3.67. The van der Waals surface area contributed by atoms with E-state index < -0.39 is 10.0 Å².